The number of carboxylic acid groups (broad SMARTS) is 1. The summed E-state index contributed by atoms with van der Waals surface area (Å²) in [7, 11) is 0. The quantitative estimate of drug-likeness (QED) is 0.770. The maximum Gasteiger partial charge on any atom is 0.306 e. The molecule has 0 amide bonds. The van der Waals surface area contributed by atoms with Gasteiger partial charge in [-0.1, -0.05) is 6.92 Å². The Labute approximate surface area is 100 Å². The third-order valence-electron chi connectivity index (χ3n) is 2.40. The van der Waals surface area contributed by atoms with Gasteiger partial charge in [0.2, 0.25) is 0 Å². The molecule has 0 aliphatic heterocycles. The van der Waals surface area contributed by atoms with Gasteiger partial charge in [-0.25, -0.2) is 0 Å². The molecular weight excluding hydrogens is 220 g/mol. The second-order valence-corrected chi connectivity index (χ2v) is 3.82. The summed E-state index contributed by atoms with van der Waals surface area (Å²) in [4.78, 5) is 22.4. The summed E-state index contributed by atoms with van der Waals surface area (Å²) in [6.45, 7) is 3.98. The van der Waals surface area contributed by atoms with Crippen LogP contribution in [0.3, 0.4) is 0 Å². The van der Waals surface area contributed by atoms with Crippen LogP contribution in [0.1, 0.15) is 30.6 Å². The van der Waals surface area contributed by atoms with E-state index in [2.05, 4.69) is 0 Å². The largest absolute Gasteiger partial charge is 0.494 e. The number of carbonyl (C=O) groups excluding carboxylic acids is 1. The molecule has 17 heavy (non-hydrogen) atoms. The van der Waals surface area contributed by atoms with Crippen LogP contribution in [0.5, 0.6) is 5.75 Å². The molecule has 0 saturated heterocycles. The van der Waals surface area contributed by atoms with Crippen molar-refractivity contribution in [2.45, 2.75) is 20.3 Å². The van der Waals surface area contributed by atoms with E-state index < -0.39 is 11.9 Å². The van der Waals surface area contributed by atoms with Crippen molar-refractivity contribution in [3.05, 3.63) is 29.8 Å². The number of aliphatic carboxylic acids is 1. The van der Waals surface area contributed by atoms with E-state index in [-0.39, 0.29) is 12.2 Å². The van der Waals surface area contributed by atoms with E-state index in [1.807, 2.05) is 6.92 Å². The van der Waals surface area contributed by atoms with Crippen molar-refractivity contribution in [1.82, 2.24) is 0 Å². The van der Waals surface area contributed by atoms with E-state index in [0.717, 1.165) is 0 Å². The fourth-order valence-electron chi connectivity index (χ4n) is 1.39. The summed E-state index contributed by atoms with van der Waals surface area (Å²) in [6.07, 6.45) is 0.0172. The molecule has 92 valence electrons. The monoisotopic (exact) mass is 236 g/mol. The van der Waals surface area contributed by atoms with E-state index in [0.29, 0.717) is 17.9 Å². The highest BCUT2D eigenvalue weighted by Crippen LogP contribution is 2.15. The number of ketones is 1. The number of Topliss-reactive ketones (excluding diaryl/α,β-unsaturated/α-hetero) is 1. The van der Waals surface area contributed by atoms with E-state index in [1.165, 1.54) is 6.92 Å². The van der Waals surface area contributed by atoms with Gasteiger partial charge in [0.05, 0.1) is 12.5 Å². The van der Waals surface area contributed by atoms with Gasteiger partial charge in [0.1, 0.15) is 5.75 Å². The highest BCUT2D eigenvalue weighted by molar-refractivity contribution is 5.97. The zero-order valence-electron chi connectivity index (χ0n) is 9.97. The molecular formula is C13H16O4. The number of hydrogen-bond acceptors (Lipinski definition) is 3. The highest BCUT2D eigenvalue weighted by atomic mass is 16.5. The van der Waals surface area contributed by atoms with Gasteiger partial charge in [0.15, 0.2) is 5.78 Å². The minimum Gasteiger partial charge on any atom is -0.494 e. The van der Waals surface area contributed by atoms with Crippen LogP contribution in [-0.4, -0.2) is 23.5 Å². The van der Waals surface area contributed by atoms with Crippen LogP contribution in [-0.2, 0) is 4.79 Å². The zero-order valence-corrected chi connectivity index (χ0v) is 9.97. The number of benzene rings is 1. The Morgan fingerprint density at radius 2 is 1.88 bits per heavy atom. The third kappa shape index (κ3) is 3.90. The van der Waals surface area contributed by atoms with Gasteiger partial charge in [-0.05, 0) is 31.2 Å². The first-order valence-corrected chi connectivity index (χ1v) is 5.53. The summed E-state index contributed by atoms with van der Waals surface area (Å²) >= 11 is 0. The Hall–Kier alpha value is -1.84. The predicted octanol–water partition coefficient (Wildman–Crippen LogP) is 2.38. The summed E-state index contributed by atoms with van der Waals surface area (Å²) in [5, 5.41) is 8.72. The maximum absolute atomic E-state index is 11.7. The average molecular weight is 236 g/mol. The van der Waals surface area contributed by atoms with Gasteiger partial charge in [0, 0.05) is 12.0 Å². The fraction of sp³-hybridized carbons (Fsp3) is 0.385. The third-order valence-corrected chi connectivity index (χ3v) is 2.40. The van der Waals surface area contributed by atoms with Gasteiger partial charge in [-0.3, -0.25) is 9.59 Å². The number of hydrogen-bond donors (Lipinski definition) is 1. The van der Waals surface area contributed by atoms with Crippen molar-refractivity contribution < 1.29 is 19.4 Å². The SMILES string of the molecule is CCOc1ccc(C(=O)CC(C)C(=O)O)cc1. The smallest absolute Gasteiger partial charge is 0.306 e. The number of carbonyl (C=O) groups is 2. The molecule has 4 nitrogen and oxygen atoms in total. The molecule has 0 saturated carbocycles. The maximum atomic E-state index is 11.7. The molecule has 1 N–H and O–H groups in total. The first kappa shape index (κ1) is 13.2. The minimum absolute atomic E-state index is 0.0172. The van der Waals surface area contributed by atoms with E-state index >= 15 is 0 Å². The summed E-state index contributed by atoms with van der Waals surface area (Å²) in [5.41, 5.74) is 0.515. The van der Waals surface area contributed by atoms with Crippen LogP contribution in [0.4, 0.5) is 0 Å². The second-order valence-electron chi connectivity index (χ2n) is 3.82. The molecule has 0 heterocycles. The minimum atomic E-state index is -0.954. The molecule has 1 unspecified atom stereocenters. The number of rotatable bonds is 6. The van der Waals surface area contributed by atoms with Crippen molar-refractivity contribution in [3.63, 3.8) is 0 Å². The molecule has 1 atom stereocenters. The standard InChI is InChI=1S/C13H16O4/c1-3-17-11-6-4-10(5-7-11)12(14)8-9(2)13(15)16/h4-7,9H,3,8H2,1-2H3,(H,15,16). The first-order valence-electron chi connectivity index (χ1n) is 5.53. The van der Waals surface area contributed by atoms with Crippen LogP contribution < -0.4 is 4.74 Å². The van der Waals surface area contributed by atoms with Gasteiger partial charge in [-0.2, -0.15) is 0 Å². The van der Waals surface area contributed by atoms with Crippen LogP contribution in [0.25, 0.3) is 0 Å². The van der Waals surface area contributed by atoms with E-state index in [1.54, 1.807) is 24.3 Å². The topological polar surface area (TPSA) is 63.6 Å². The summed E-state index contributed by atoms with van der Waals surface area (Å²) in [6, 6.07) is 6.73. The zero-order chi connectivity index (χ0) is 12.8. The Morgan fingerprint density at radius 3 is 2.35 bits per heavy atom. The lowest BCUT2D eigenvalue weighted by Gasteiger charge is -2.06. The lowest BCUT2D eigenvalue weighted by molar-refractivity contribution is -0.141. The van der Waals surface area contributed by atoms with Gasteiger partial charge >= 0.3 is 5.97 Å². The normalized spacial score (nSPS) is 11.9. The molecule has 1 rings (SSSR count). The van der Waals surface area contributed by atoms with Crippen LogP contribution in [0.2, 0.25) is 0 Å². The molecule has 0 aromatic heterocycles. The highest BCUT2D eigenvalue weighted by Gasteiger charge is 2.16. The van der Waals surface area contributed by atoms with Gasteiger partial charge in [-0.15, -0.1) is 0 Å². The molecule has 0 radical (unpaired) electrons. The van der Waals surface area contributed by atoms with Crippen molar-refractivity contribution in [1.29, 1.82) is 0 Å². The molecule has 0 spiro atoms. The molecule has 0 aliphatic rings. The first-order chi connectivity index (χ1) is 8.04. The van der Waals surface area contributed by atoms with Gasteiger partial charge < -0.3 is 9.84 Å². The molecule has 0 bridgehead atoms. The molecule has 1 aromatic carbocycles. The summed E-state index contributed by atoms with van der Waals surface area (Å²) < 4.78 is 5.25. The molecule has 0 aliphatic carbocycles. The average Bonchev–Trinajstić information content (AvgIpc) is 2.30. The Morgan fingerprint density at radius 1 is 1.29 bits per heavy atom. The van der Waals surface area contributed by atoms with E-state index in [4.69, 9.17) is 9.84 Å². The summed E-state index contributed by atoms with van der Waals surface area (Å²) in [5.74, 6) is -1.07. The van der Waals surface area contributed by atoms with Crippen molar-refractivity contribution in [2.24, 2.45) is 5.92 Å². The Kier molecular flexibility index (Phi) is 4.69. The van der Waals surface area contributed by atoms with E-state index in [9.17, 15) is 9.59 Å². The number of carboxylic acids is 1. The van der Waals surface area contributed by atoms with Crippen LogP contribution in [0.15, 0.2) is 24.3 Å². The fourth-order valence-corrected chi connectivity index (χ4v) is 1.39. The van der Waals surface area contributed by atoms with Crippen molar-refractivity contribution in [2.75, 3.05) is 6.61 Å². The number of ether oxygens (including phenoxy) is 1. The predicted molar refractivity (Wildman–Crippen MR) is 63.4 cm³/mol. The van der Waals surface area contributed by atoms with Crippen LogP contribution >= 0.6 is 0 Å². The molecule has 0 fully saturated rings. The van der Waals surface area contributed by atoms with Crippen molar-refractivity contribution >= 4 is 11.8 Å². The Balaban J connectivity index is 2.66. The lowest BCUT2D eigenvalue weighted by atomic mass is 10.00. The van der Waals surface area contributed by atoms with Crippen molar-refractivity contribution in [3.8, 4) is 5.75 Å². The lowest BCUT2D eigenvalue weighted by Crippen LogP contribution is -2.14. The Bertz CT molecular complexity index is 394. The van der Waals surface area contributed by atoms with Gasteiger partial charge in [0.25, 0.3) is 0 Å². The second kappa shape index (κ2) is 6.03. The molecule has 4 heteroatoms. The molecule has 1 aromatic rings. The van der Waals surface area contributed by atoms with Crippen LogP contribution in [0, 0.1) is 5.92 Å².